The number of halogens is 1. The third-order valence-corrected chi connectivity index (χ3v) is 8.38. The number of fused-ring (bicyclic) bond motifs is 2. The molecule has 0 saturated heterocycles. The Hall–Kier alpha value is -2.79. The van der Waals surface area contributed by atoms with Crippen LogP contribution >= 0.6 is 11.6 Å². The number of nitrogens with zero attached hydrogens (tertiary/aromatic N) is 2. The Morgan fingerprint density at radius 3 is 2.42 bits per heavy atom. The molecular weight excluding hydrogens is 434 g/mol. The monoisotopic (exact) mass is 463 g/mol. The molecule has 3 fully saturated rings. The number of carbonyl (C=O) groups excluding carboxylic acids is 1. The van der Waals surface area contributed by atoms with Gasteiger partial charge in [0.05, 0.1) is 12.2 Å². The molecule has 1 N–H and O–H groups in total. The topological polar surface area (TPSA) is 56.0 Å². The Morgan fingerprint density at radius 2 is 1.79 bits per heavy atom. The molecule has 5 nitrogen and oxygen atoms in total. The van der Waals surface area contributed by atoms with Crippen molar-refractivity contribution >= 4 is 17.5 Å². The molecule has 3 aromatic rings. The average molecular weight is 464 g/mol. The van der Waals surface area contributed by atoms with E-state index in [2.05, 4.69) is 26.1 Å². The highest BCUT2D eigenvalue weighted by atomic mass is 35.5. The van der Waals surface area contributed by atoms with Crippen molar-refractivity contribution < 1.29 is 4.79 Å². The second-order valence-corrected chi connectivity index (χ2v) is 10.7. The van der Waals surface area contributed by atoms with Crippen LogP contribution in [-0.4, -0.2) is 21.3 Å². The summed E-state index contributed by atoms with van der Waals surface area (Å²) in [6.07, 6.45) is 3.90. The Balaban J connectivity index is 1.46. The summed E-state index contributed by atoms with van der Waals surface area (Å²) < 4.78 is 3.36. The van der Waals surface area contributed by atoms with E-state index in [9.17, 15) is 9.59 Å². The van der Waals surface area contributed by atoms with Crippen LogP contribution in [0.3, 0.4) is 0 Å². The molecule has 4 atom stereocenters. The lowest BCUT2D eigenvalue weighted by Gasteiger charge is -2.62. The lowest BCUT2D eigenvalue weighted by Crippen LogP contribution is -2.60. The Labute approximate surface area is 199 Å². The highest BCUT2D eigenvalue weighted by Crippen LogP contribution is 2.61. The van der Waals surface area contributed by atoms with E-state index < -0.39 is 0 Å². The van der Waals surface area contributed by atoms with Crippen molar-refractivity contribution in [3.05, 3.63) is 87.3 Å². The molecule has 6 rings (SSSR count). The van der Waals surface area contributed by atoms with Gasteiger partial charge in [0.1, 0.15) is 5.56 Å². The Kier molecular flexibility index (Phi) is 5.48. The number of carbonyl (C=O) groups is 1. The molecule has 1 amide bonds. The van der Waals surface area contributed by atoms with Gasteiger partial charge < -0.3 is 5.32 Å². The summed E-state index contributed by atoms with van der Waals surface area (Å²) in [5.41, 5.74) is 1.92. The normalized spacial score (nSPS) is 25.3. The fourth-order valence-electron chi connectivity index (χ4n) is 5.97. The van der Waals surface area contributed by atoms with E-state index in [-0.39, 0.29) is 23.1 Å². The van der Waals surface area contributed by atoms with Crippen LogP contribution in [0.25, 0.3) is 5.69 Å². The van der Waals surface area contributed by atoms with Crippen LogP contribution in [0.2, 0.25) is 5.02 Å². The summed E-state index contributed by atoms with van der Waals surface area (Å²) in [7, 11) is 0. The maximum Gasteiger partial charge on any atom is 0.284 e. The van der Waals surface area contributed by atoms with Crippen LogP contribution in [0.5, 0.6) is 0 Å². The standard InChI is InChI=1S/C27H30ClN3O2/c1-17-23-13-19(27(23,2)3)14-24(17)29-25(32)22-16-30(15-18-7-5-4-6-8-18)31(26(22)33)21-11-9-20(28)10-12-21/h4-12,16-17,19,23-24H,13-15H2,1-3H3,(H,29,32)/t17-,19+,23-,24-/m1/s1. The van der Waals surface area contributed by atoms with Crippen molar-refractivity contribution in [2.24, 2.45) is 23.2 Å². The third-order valence-electron chi connectivity index (χ3n) is 8.13. The molecule has 172 valence electrons. The highest BCUT2D eigenvalue weighted by molar-refractivity contribution is 6.30. The molecule has 3 aliphatic carbocycles. The summed E-state index contributed by atoms with van der Waals surface area (Å²) in [5, 5.41) is 3.80. The second kappa shape index (κ2) is 8.21. The van der Waals surface area contributed by atoms with Gasteiger partial charge in [-0.1, -0.05) is 62.7 Å². The van der Waals surface area contributed by atoms with Crippen LogP contribution in [0, 0.1) is 23.2 Å². The summed E-state index contributed by atoms with van der Waals surface area (Å²) >= 11 is 6.06. The molecule has 3 saturated carbocycles. The van der Waals surface area contributed by atoms with Crippen LogP contribution < -0.4 is 10.9 Å². The van der Waals surface area contributed by atoms with Gasteiger partial charge in [-0.25, -0.2) is 4.68 Å². The molecule has 33 heavy (non-hydrogen) atoms. The predicted octanol–water partition coefficient (Wildman–Crippen LogP) is 5.14. The molecular formula is C27H30ClN3O2. The van der Waals surface area contributed by atoms with Crippen LogP contribution in [0.4, 0.5) is 0 Å². The number of hydrogen-bond donors (Lipinski definition) is 1. The molecule has 2 bridgehead atoms. The number of rotatable bonds is 5. The van der Waals surface area contributed by atoms with E-state index in [1.165, 1.54) is 6.42 Å². The zero-order valence-electron chi connectivity index (χ0n) is 19.3. The van der Waals surface area contributed by atoms with Gasteiger partial charge in [-0.3, -0.25) is 14.3 Å². The number of hydrogen-bond acceptors (Lipinski definition) is 2. The van der Waals surface area contributed by atoms with E-state index >= 15 is 0 Å². The van der Waals surface area contributed by atoms with Crippen molar-refractivity contribution in [2.75, 3.05) is 0 Å². The highest BCUT2D eigenvalue weighted by Gasteiger charge is 2.56. The van der Waals surface area contributed by atoms with Gasteiger partial charge in [-0.05, 0) is 65.8 Å². The first-order valence-corrected chi connectivity index (χ1v) is 12.1. The van der Waals surface area contributed by atoms with Crippen molar-refractivity contribution in [3.8, 4) is 5.69 Å². The molecule has 0 aliphatic heterocycles. The Bertz CT molecular complexity index is 1230. The van der Waals surface area contributed by atoms with Gasteiger partial charge in [-0.2, -0.15) is 0 Å². The number of aromatic nitrogens is 2. The van der Waals surface area contributed by atoms with Gasteiger partial charge in [-0.15, -0.1) is 0 Å². The van der Waals surface area contributed by atoms with Gasteiger partial charge in [0, 0.05) is 17.3 Å². The first-order chi connectivity index (χ1) is 15.8. The minimum Gasteiger partial charge on any atom is -0.349 e. The number of nitrogens with one attached hydrogen (secondary N) is 1. The lowest BCUT2D eigenvalue weighted by molar-refractivity contribution is -0.113. The first-order valence-electron chi connectivity index (χ1n) is 11.7. The fraction of sp³-hybridized carbons (Fsp3) is 0.407. The van der Waals surface area contributed by atoms with Crippen molar-refractivity contribution in [1.82, 2.24) is 14.7 Å². The molecule has 6 heteroatoms. The Morgan fingerprint density at radius 1 is 1.09 bits per heavy atom. The van der Waals surface area contributed by atoms with E-state index in [0.29, 0.717) is 40.4 Å². The summed E-state index contributed by atoms with van der Waals surface area (Å²) in [6, 6.07) is 17.1. The molecule has 0 radical (unpaired) electrons. The fourth-order valence-corrected chi connectivity index (χ4v) is 6.10. The smallest absolute Gasteiger partial charge is 0.284 e. The van der Waals surface area contributed by atoms with Crippen molar-refractivity contribution in [3.63, 3.8) is 0 Å². The average Bonchev–Trinajstić information content (AvgIpc) is 3.11. The molecule has 1 heterocycles. The van der Waals surface area contributed by atoms with E-state index in [4.69, 9.17) is 11.6 Å². The van der Waals surface area contributed by atoms with Gasteiger partial charge in [0.2, 0.25) is 0 Å². The summed E-state index contributed by atoms with van der Waals surface area (Å²) in [6.45, 7) is 7.40. The minimum absolute atomic E-state index is 0.107. The van der Waals surface area contributed by atoms with Crippen molar-refractivity contribution in [2.45, 2.75) is 46.2 Å². The summed E-state index contributed by atoms with van der Waals surface area (Å²) in [5.74, 6) is 1.37. The van der Waals surface area contributed by atoms with Gasteiger partial charge in [0.25, 0.3) is 11.5 Å². The largest absolute Gasteiger partial charge is 0.349 e. The number of amides is 1. The van der Waals surface area contributed by atoms with E-state index in [0.717, 1.165) is 12.0 Å². The maximum absolute atomic E-state index is 13.5. The van der Waals surface area contributed by atoms with E-state index in [1.807, 2.05) is 30.3 Å². The van der Waals surface area contributed by atoms with Crippen molar-refractivity contribution in [1.29, 1.82) is 0 Å². The summed E-state index contributed by atoms with van der Waals surface area (Å²) in [4.78, 5) is 26.8. The third kappa shape index (κ3) is 3.82. The second-order valence-electron chi connectivity index (χ2n) is 10.3. The molecule has 1 aromatic heterocycles. The number of benzene rings is 2. The van der Waals surface area contributed by atoms with Crippen LogP contribution in [-0.2, 0) is 6.54 Å². The molecule has 2 aromatic carbocycles. The molecule has 0 spiro atoms. The predicted molar refractivity (Wildman–Crippen MR) is 131 cm³/mol. The zero-order chi connectivity index (χ0) is 23.3. The van der Waals surface area contributed by atoms with Crippen LogP contribution in [0.15, 0.2) is 65.6 Å². The SMILES string of the molecule is C[C@@H]1[C@H]2C[C@@H](C[C@H]1NC(=O)c1cn(Cc3ccccc3)n(-c3ccc(Cl)cc3)c1=O)C2(C)C. The van der Waals surface area contributed by atoms with E-state index in [1.54, 1.807) is 39.8 Å². The quantitative estimate of drug-likeness (QED) is 0.569. The zero-order valence-corrected chi connectivity index (χ0v) is 20.0. The first kappa shape index (κ1) is 22.0. The van der Waals surface area contributed by atoms with Gasteiger partial charge in [0.15, 0.2) is 0 Å². The molecule has 3 aliphatic rings. The maximum atomic E-state index is 13.5. The lowest BCUT2D eigenvalue weighted by atomic mass is 9.45. The van der Waals surface area contributed by atoms with Gasteiger partial charge >= 0.3 is 0 Å². The van der Waals surface area contributed by atoms with Crippen LogP contribution in [0.1, 0.15) is 49.5 Å². The minimum atomic E-state index is -0.320. The molecule has 0 unspecified atom stereocenters.